The minimum atomic E-state index is -5.07. The van der Waals surface area contributed by atoms with Gasteiger partial charge in [-0.25, -0.2) is 8.89 Å². The molecule has 0 amide bonds. The molecule has 0 radical (unpaired) electrons. The second-order valence-corrected chi connectivity index (χ2v) is 7.01. The molecule has 0 aliphatic carbocycles. The first-order valence-corrected chi connectivity index (χ1v) is 8.05. The van der Waals surface area contributed by atoms with E-state index in [0.29, 0.717) is 23.0 Å². The van der Waals surface area contributed by atoms with E-state index in [0.717, 1.165) is 0 Å². The normalized spacial score (nSPS) is 14.0. The molecule has 1 unspecified atom stereocenters. The van der Waals surface area contributed by atoms with Crippen LogP contribution in [0, 0.1) is 0 Å². The number of nitrogens with two attached hydrogens (primary N) is 1. The molecule has 0 aliphatic heterocycles. The van der Waals surface area contributed by atoms with E-state index in [2.05, 4.69) is 21.0 Å². The van der Waals surface area contributed by atoms with Gasteiger partial charge in [-0.05, 0) is 28.1 Å². The van der Waals surface area contributed by atoms with Crippen LogP contribution < -0.4 is 5.73 Å². The average Bonchev–Trinajstić information content (AvgIpc) is 2.77. The van der Waals surface area contributed by atoms with Crippen molar-refractivity contribution in [2.24, 2.45) is 0 Å². The van der Waals surface area contributed by atoms with E-state index in [9.17, 15) is 30.6 Å². The van der Waals surface area contributed by atoms with Crippen LogP contribution in [0.4, 0.5) is 32.2 Å². The number of alkyl halides is 6. The fourth-order valence-electron chi connectivity index (χ4n) is 1.72. The largest absolute Gasteiger partial charge is 0.476 e. The summed E-state index contributed by atoms with van der Waals surface area (Å²) in [7, 11) is -3.44. The molecule has 0 saturated heterocycles. The van der Waals surface area contributed by atoms with Crippen molar-refractivity contribution in [3.8, 4) is 5.69 Å². The first-order valence-electron chi connectivity index (χ1n) is 5.72. The number of hydrogen-bond acceptors (Lipinski definition) is 3. The maximum Gasteiger partial charge on any atom is 0.476 e. The van der Waals surface area contributed by atoms with Crippen molar-refractivity contribution in [2.75, 3.05) is 5.73 Å². The highest BCUT2D eigenvalue weighted by molar-refractivity contribution is 9.10. The van der Waals surface area contributed by atoms with Crippen molar-refractivity contribution in [1.82, 2.24) is 9.78 Å². The minimum Gasteiger partial charge on any atom is -0.383 e. The van der Waals surface area contributed by atoms with Crippen LogP contribution in [0.3, 0.4) is 0 Å². The zero-order valence-corrected chi connectivity index (χ0v) is 14.2. The zero-order valence-electron chi connectivity index (χ0n) is 11.0. The molecule has 2 aromatic rings. The van der Waals surface area contributed by atoms with Gasteiger partial charge in [0.1, 0.15) is 10.7 Å². The van der Waals surface area contributed by atoms with E-state index < -0.39 is 43.8 Å². The quantitative estimate of drug-likeness (QED) is 0.676. The van der Waals surface area contributed by atoms with Gasteiger partial charge in [-0.2, -0.15) is 31.4 Å². The Morgan fingerprint density at radius 1 is 1.21 bits per heavy atom. The smallest absolute Gasteiger partial charge is 0.383 e. The maximum atomic E-state index is 12.7. The van der Waals surface area contributed by atoms with Gasteiger partial charge in [0.2, 0.25) is 0 Å². The van der Waals surface area contributed by atoms with Gasteiger partial charge in [0.15, 0.2) is 10.8 Å². The Morgan fingerprint density at radius 2 is 1.79 bits per heavy atom. The summed E-state index contributed by atoms with van der Waals surface area (Å²) in [6.45, 7) is 0. The standard InChI is InChI=1S/C11H5BrClF6N3OS/c12-5-1-4(10(14,15)16)2-6(13)8(5)22-9(20)7(3-21-22)24(23)11(17,18)19/h1-3H,20H2. The lowest BCUT2D eigenvalue weighted by Gasteiger charge is -2.13. The molecule has 1 heterocycles. The third-order valence-electron chi connectivity index (χ3n) is 2.74. The maximum absolute atomic E-state index is 12.7. The number of hydrogen-bond donors (Lipinski definition) is 1. The number of nitrogens with zero attached hydrogens (tertiary/aromatic N) is 2. The summed E-state index contributed by atoms with van der Waals surface area (Å²) < 4.78 is 87.5. The molecule has 4 nitrogen and oxygen atoms in total. The van der Waals surface area contributed by atoms with E-state index in [1.807, 2.05) is 0 Å². The number of nitrogen functional groups attached to an aromatic ring is 1. The third-order valence-corrected chi connectivity index (χ3v) is 4.76. The lowest BCUT2D eigenvalue weighted by Crippen LogP contribution is -2.17. The van der Waals surface area contributed by atoms with Crippen molar-refractivity contribution < 1.29 is 30.6 Å². The fourth-order valence-corrected chi connectivity index (χ4v) is 3.43. The summed E-state index contributed by atoms with van der Waals surface area (Å²) in [6, 6.07) is 1.24. The molecule has 0 spiro atoms. The molecule has 0 saturated carbocycles. The van der Waals surface area contributed by atoms with Crippen LogP contribution in [0.25, 0.3) is 5.69 Å². The van der Waals surface area contributed by atoms with E-state index >= 15 is 0 Å². The molecule has 13 heteroatoms. The van der Waals surface area contributed by atoms with Crippen LogP contribution in [-0.4, -0.2) is 19.5 Å². The summed E-state index contributed by atoms with van der Waals surface area (Å²) in [5.74, 6) is -0.659. The topological polar surface area (TPSA) is 60.9 Å². The van der Waals surface area contributed by atoms with E-state index in [-0.39, 0.29) is 10.2 Å². The lowest BCUT2D eigenvalue weighted by molar-refractivity contribution is -0.137. The molecular weight excluding hydrogens is 452 g/mol. The van der Waals surface area contributed by atoms with Crippen LogP contribution in [0.2, 0.25) is 5.02 Å². The summed E-state index contributed by atoms with van der Waals surface area (Å²) in [4.78, 5) is -0.828. The molecule has 0 aliphatic rings. The molecule has 24 heavy (non-hydrogen) atoms. The second-order valence-electron chi connectivity index (χ2n) is 4.31. The van der Waals surface area contributed by atoms with Crippen molar-refractivity contribution in [2.45, 2.75) is 16.6 Å². The van der Waals surface area contributed by atoms with Crippen molar-refractivity contribution in [3.05, 3.63) is 33.4 Å². The summed E-state index contributed by atoms with van der Waals surface area (Å²) >= 11 is 8.63. The first kappa shape index (κ1) is 19.1. The Kier molecular flexibility index (Phi) is 4.94. The molecule has 1 aromatic heterocycles. The number of benzene rings is 1. The molecule has 1 atom stereocenters. The molecule has 132 valence electrons. The average molecular weight is 457 g/mol. The minimum absolute atomic E-state index is 0.207. The van der Waals surface area contributed by atoms with Crippen LogP contribution in [0.1, 0.15) is 5.56 Å². The van der Waals surface area contributed by atoms with Crippen molar-refractivity contribution >= 4 is 44.1 Å². The second kappa shape index (κ2) is 6.23. The van der Waals surface area contributed by atoms with E-state index in [1.54, 1.807) is 0 Å². The van der Waals surface area contributed by atoms with Crippen LogP contribution >= 0.6 is 27.5 Å². The lowest BCUT2D eigenvalue weighted by atomic mass is 10.2. The fraction of sp³-hybridized carbons (Fsp3) is 0.182. The zero-order chi connectivity index (χ0) is 18.4. The van der Waals surface area contributed by atoms with E-state index in [1.165, 1.54) is 0 Å². The predicted molar refractivity (Wildman–Crippen MR) is 78.2 cm³/mol. The molecule has 2 N–H and O–H groups in total. The number of anilines is 1. The van der Waals surface area contributed by atoms with Gasteiger partial charge in [-0.15, -0.1) is 0 Å². The van der Waals surface area contributed by atoms with Crippen molar-refractivity contribution in [3.63, 3.8) is 0 Å². The van der Waals surface area contributed by atoms with Gasteiger partial charge >= 0.3 is 11.7 Å². The SMILES string of the molecule is Nc1c(S(=O)C(F)(F)F)cnn1-c1c(Cl)cc(C(F)(F)F)cc1Br. The monoisotopic (exact) mass is 455 g/mol. The predicted octanol–water partition coefficient (Wildman–Crippen LogP) is 4.52. The molecule has 0 bridgehead atoms. The highest BCUT2D eigenvalue weighted by Gasteiger charge is 2.40. The van der Waals surface area contributed by atoms with E-state index in [4.69, 9.17) is 17.3 Å². The van der Waals surface area contributed by atoms with Gasteiger partial charge in [-0.3, -0.25) is 0 Å². The summed E-state index contributed by atoms with van der Waals surface area (Å²) in [5, 5.41) is 3.07. The molecule has 2 rings (SSSR count). The van der Waals surface area contributed by atoms with Crippen LogP contribution in [0.15, 0.2) is 27.7 Å². The Hall–Kier alpha value is -1.27. The van der Waals surface area contributed by atoms with Gasteiger partial charge in [0, 0.05) is 4.47 Å². The van der Waals surface area contributed by atoms with Gasteiger partial charge < -0.3 is 5.73 Å². The highest BCUT2D eigenvalue weighted by Crippen LogP contribution is 2.39. The Balaban J connectivity index is 2.59. The highest BCUT2D eigenvalue weighted by atomic mass is 79.9. The first-order chi connectivity index (χ1) is 10.8. The Morgan fingerprint density at radius 3 is 2.25 bits per heavy atom. The third kappa shape index (κ3) is 3.54. The number of rotatable bonds is 2. The number of aromatic nitrogens is 2. The van der Waals surface area contributed by atoms with Gasteiger partial charge in [-0.1, -0.05) is 11.6 Å². The summed E-state index contributed by atoms with van der Waals surface area (Å²) in [5.41, 5.74) is -0.857. The summed E-state index contributed by atoms with van der Waals surface area (Å²) in [6.07, 6.45) is -4.07. The van der Waals surface area contributed by atoms with Gasteiger partial charge in [0.25, 0.3) is 0 Å². The van der Waals surface area contributed by atoms with Gasteiger partial charge in [0.05, 0.1) is 22.5 Å². The Labute approximate surface area is 146 Å². The van der Waals surface area contributed by atoms with Crippen molar-refractivity contribution in [1.29, 1.82) is 0 Å². The van der Waals surface area contributed by atoms with Crippen LogP contribution in [0.5, 0.6) is 0 Å². The Bertz CT molecular complexity index is 796. The number of halogens is 8. The molecule has 1 aromatic carbocycles. The van der Waals surface area contributed by atoms with Crippen LogP contribution in [-0.2, 0) is 17.0 Å². The molecule has 0 fully saturated rings. The molecular formula is C11H5BrClF6N3OS.